The number of rotatable bonds is 9. The highest BCUT2D eigenvalue weighted by Crippen LogP contribution is 2.24. The van der Waals surface area contributed by atoms with Gasteiger partial charge in [-0.3, -0.25) is 4.18 Å². The lowest BCUT2D eigenvalue weighted by Gasteiger charge is -2.14. The van der Waals surface area contributed by atoms with Crippen molar-refractivity contribution in [2.75, 3.05) is 6.61 Å². The Hall–Kier alpha value is -2.63. The number of aryl methyl sites for hydroxylation is 1. The van der Waals surface area contributed by atoms with E-state index in [1.54, 1.807) is 24.3 Å². The standard InChI is InChI=1S/C24H26O4S/c1-19-11-13-24(14-12-19)29(25,26)28-16-15-20(2)22-9-6-10-23(17-22)27-18-21-7-4-3-5-8-21/h3-14,17,20H,15-16,18H2,1-2H3. The zero-order valence-corrected chi connectivity index (χ0v) is 17.6. The Bertz CT molecular complexity index is 1010. The fraction of sp³-hybridized carbons (Fsp3) is 0.250. The molecule has 0 aliphatic heterocycles. The van der Waals surface area contributed by atoms with E-state index in [0.717, 1.165) is 22.4 Å². The number of benzene rings is 3. The van der Waals surface area contributed by atoms with Crippen molar-refractivity contribution in [2.45, 2.75) is 37.7 Å². The summed E-state index contributed by atoms with van der Waals surface area (Å²) in [6.07, 6.45) is 0.591. The van der Waals surface area contributed by atoms with E-state index in [9.17, 15) is 8.42 Å². The van der Waals surface area contributed by atoms with E-state index in [1.807, 2.05) is 61.5 Å². The minimum absolute atomic E-state index is 0.131. The summed E-state index contributed by atoms with van der Waals surface area (Å²) in [5, 5.41) is 0. The van der Waals surface area contributed by atoms with Gasteiger partial charge in [0.25, 0.3) is 10.1 Å². The quantitative estimate of drug-likeness (QED) is 0.439. The van der Waals surface area contributed by atoms with Gasteiger partial charge in [0.05, 0.1) is 11.5 Å². The maximum atomic E-state index is 12.3. The summed E-state index contributed by atoms with van der Waals surface area (Å²) in [7, 11) is -3.73. The first-order valence-corrected chi connectivity index (χ1v) is 11.1. The van der Waals surface area contributed by atoms with Crippen molar-refractivity contribution < 1.29 is 17.3 Å². The fourth-order valence-electron chi connectivity index (χ4n) is 2.93. The molecule has 0 spiro atoms. The van der Waals surface area contributed by atoms with Crippen LogP contribution in [0.15, 0.2) is 83.8 Å². The van der Waals surface area contributed by atoms with Gasteiger partial charge in [0.1, 0.15) is 12.4 Å². The molecule has 3 rings (SSSR count). The smallest absolute Gasteiger partial charge is 0.296 e. The third kappa shape index (κ3) is 6.17. The molecule has 0 bridgehead atoms. The van der Waals surface area contributed by atoms with Gasteiger partial charge in [0, 0.05) is 0 Å². The third-order valence-corrected chi connectivity index (χ3v) is 6.10. The van der Waals surface area contributed by atoms with Crippen LogP contribution in [0.25, 0.3) is 0 Å². The van der Waals surface area contributed by atoms with Gasteiger partial charge in [-0.25, -0.2) is 0 Å². The van der Waals surface area contributed by atoms with Crippen LogP contribution in [-0.2, 0) is 20.9 Å². The van der Waals surface area contributed by atoms with E-state index in [4.69, 9.17) is 8.92 Å². The Labute approximate surface area is 173 Å². The molecule has 0 N–H and O–H groups in total. The second-order valence-corrected chi connectivity index (χ2v) is 8.74. The molecule has 0 aliphatic rings. The highest BCUT2D eigenvalue weighted by Gasteiger charge is 2.16. The molecule has 0 saturated heterocycles. The highest BCUT2D eigenvalue weighted by molar-refractivity contribution is 7.86. The monoisotopic (exact) mass is 410 g/mol. The van der Waals surface area contributed by atoms with Crippen LogP contribution in [0.3, 0.4) is 0 Å². The minimum atomic E-state index is -3.73. The molecule has 3 aromatic rings. The van der Waals surface area contributed by atoms with Gasteiger partial charge in [-0.2, -0.15) is 8.42 Å². The Morgan fingerprint density at radius 2 is 1.62 bits per heavy atom. The molecule has 0 aromatic heterocycles. The summed E-state index contributed by atoms with van der Waals surface area (Å²) in [6, 6.07) is 24.6. The highest BCUT2D eigenvalue weighted by atomic mass is 32.2. The van der Waals surface area contributed by atoms with E-state index in [0.29, 0.717) is 13.0 Å². The van der Waals surface area contributed by atoms with Crippen LogP contribution in [0.2, 0.25) is 0 Å². The predicted octanol–water partition coefficient (Wildman–Crippen LogP) is 5.47. The van der Waals surface area contributed by atoms with Gasteiger partial charge in [-0.15, -0.1) is 0 Å². The molecule has 1 atom stereocenters. The molecular weight excluding hydrogens is 384 g/mol. The Morgan fingerprint density at radius 1 is 0.897 bits per heavy atom. The van der Waals surface area contributed by atoms with Gasteiger partial charge in [0.15, 0.2) is 0 Å². The lowest BCUT2D eigenvalue weighted by Crippen LogP contribution is -2.09. The van der Waals surface area contributed by atoms with Gasteiger partial charge < -0.3 is 4.74 Å². The van der Waals surface area contributed by atoms with Crippen LogP contribution in [0.1, 0.15) is 36.0 Å². The first kappa shape index (κ1) is 21.1. The largest absolute Gasteiger partial charge is 0.489 e. The Morgan fingerprint density at radius 3 is 2.34 bits per heavy atom. The van der Waals surface area contributed by atoms with Gasteiger partial charge in [-0.05, 0) is 54.7 Å². The first-order chi connectivity index (χ1) is 13.9. The molecule has 4 nitrogen and oxygen atoms in total. The second-order valence-electron chi connectivity index (χ2n) is 7.13. The third-order valence-electron chi connectivity index (χ3n) is 4.77. The zero-order valence-electron chi connectivity index (χ0n) is 16.7. The summed E-state index contributed by atoms with van der Waals surface area (Å²) in [4.78, 5) is 0.187. The first-order valence-electron chi connectivity index (χ1n) is 9.67. The number of hydrogen-bond donors (Lipinski definition) is 0. The fourth-order valence-corrected chi connectivity index (χ4v) is 3.85. The van der Waals surface area contributed by atoms with Crippen molar-refractivity contribution in [2.24, 2.45) is 0 Å². The Balaban J connectivity index is 1.54. The molecule has 0 aliphatic carbocycles. The number of ether oxygens (including phenoxy) is 1. The lowest BCUT2D eigenvalue weighted by molar-refractivity contribution is 0.299. The normalized spacial score (nSPS) is 12.5. The summed E-state index contributed by atoms with van der Waals surface area (Å²) in [5.41, 5.74) is 3.21. The summed E-state index contributed by atoms with van der Waals surface area (Å²) in [6.45, 7) is 4.61. The topological polar surface area (TPSA) is 52.6 Å². The van der Waals surface area contributed by atoms with E-state index in [-0.39, 0.29) is 17.4 Å². The molecule has 0 saturated carbocycles. The molecule has 0 fully saturated rings. The van der Waals surface area contributed by atoms with E-state index >= 15 is 0 Å². The van der Waals surface area contributed by atoms with Crippen molar-refractivity contribution in [3.8, 4) is 5.75 Å². The average molecular weight is 411 g/mol. The van der Waals surface area contributed by atoms with Crippen molar-refractivity contribution in [3.63, 3.8) is 0 Å². The van der Waals surface area contributed by atoms with Crippen LogP contribution in [0.4, 0.5) is 0 Å². The molecular formula is C24H26O4S. The maximum absolute atomic E-state index is 12.3. The predicted molar refractivity (Wildman–Crippen MR) is 115 cm³/mol. The molecule has 0 amide bonds. The van der Waals surface area contributed by atoms with Crippen LogP contribution in [0.5, 0.6) is 5.75 Å². The van der Waals surface area contributed by atoms with Gasteiger partial charge >= 0.3 is 0 Å². The van der Waals surface area contributed by atoms with Crippen molar-refractivity contribution in [1.82, 2.24) is 0 Å². The van der Waals surface area contributed by atoms with Gasteiger partial charge in [-0.1, -0.05) is 67.1 Å². The van der Waals surface area contributed by atoms with Crippen molar-refractivity contribution in [1.29, 1.82) is 0 Å². The molecule has 5 heteroatoms. The van der Waals surface area contributed by atoms with Crippen LogP contribution in [-0.4, -0.2) is 15.0 Å². The Kier molecular flexibility index (Phi) is 7.07. The molecule has 0 heterocycles. The molecule has 152 valence electrons. The van der Waals surface area contributed by atoms with E-state index in [1.165, 1.54) is 0 Å². The molecule has 29 heavy (non-hydrogen) atoms. The van der Waals surface area contributed by atoms with Crippen molar-refractivity contribution >= 4 is 10.1 Å². The van der Waals surface area contributed by atoms with Gasteiger partial charge in [0.2, 0.25) is 0 Å². The van der Waals surface area contributed by atoms with Crippen LogP contribution >= 0.6 is 0 Å². The van der Waals surface area contributed by atoms with Crippen molar-refractivity contribution in [3.05, 3.63) is 95.6 Å². The minimum Gasteiger partial charge on any atom is -0.489 e. The molecule has 1 unspecified atom stereocenters. The summed E-state index contributed by atoms with van der Waals surface area (Å²) < 4.78 is 35.7. The van der Waals surface area contributed by atoms with Crippen LogP contribution in [0, 0.1) is 6.92 Å². The second kappa shape index (κ2) is 9.72. The molecule has 3 aromatic carbocycles. The summed E-state index contributed by atoms with van der Waals surface area (Å²) >= 11 is 0. The summed E-state index contributed by atoms with van der Waals surface area (Å²) in [5.74, 6) is 0.940. The van der Waals surface area contributed by atoms with E-state index < -0.39 is 10.1 Å². The lowest BCUT2D eigenvalue weighted by atomic mass is 9.98. The van der Waals surface area contributed by atoms with Crippen LogP contribution < -0.4 is 4.74 Å². The number of hydrogen-bond acceptors (Lipinski definition) is 4. The average Bonchev–Trinajstić information content (AvgIpc) is 2.73. The molecule has 0 radical (unpaired) electrons. The SMILES string of the molecule is Cc1ccc(S(=O)(=O)OCCC(C)c2cccc(OCc3ccccc3)c2)cc1. The zero-order chi connectivity index (χ0) is 20.7. The van der Waals surface area contributed by atoms with E-state index in [2.05, 4.69) is 6.92 Å². The maximum Gasteiger partial charge on any atom is 0.296 e.